The molecule has 1 aliphatic carbocycles. The second kappa shape index (κ2) is 9.12. The van der Waals surface area contributed by atoms with Crippen LogP contribution in [-0.4, -0.2) is 47.9 Å². The van der Waals surface area contributed by atoms with Gasteiger partial charge in [0.15, 0.2) is 0 Å². The van der Waals surface area contributed by atoms with Crippen LogP contribution in [0.25, 0.3) is 0 Å². The van der Waals surface area contributed by atoms with E-state index >= 15 is 0 Å². The molecule has 0 saturated heterocycles. The average molecular weight is 312 g/mol. The molecular weight excluding hydrogens is 288 g/mol. The summed E-state index contributed by atoms with van der Waals surface area (Å²) in [4.78, 5) is 16.6. The van der Waals surface area contributed by atoms with Gasteiger partial charge in [0.1, 0.15) is 5.78 Å². The van der Waals surface area contributed by atoms with Crippen molar-refractivity contribution in [2.45, 2.75) is 38.4 Å². The van der Waals surface area contributed by atoms with Crippen LogP contribution in [0, 0.1) is 11.3 Å². The molecular formula is C15H24N2O3S. The number of ether oxygens (including phenoxy) is 1. The molecule has 0 aliphatic heterocycles. The Balaban J connectivity index is 3.14. The van der Waals surface area contributed by atoms with Gasteiger partial charge in [-0.25, -0.2) is 0 Å². The number of nitrogens with zero attached hydrogens (tertiary/aromatic N) is 1. The Hall–Kier alpha value is -0.980. The average Bonchev–Trinajstić information content (AvgIpc) is 2.53. The van der Waals surface area contributed by atoms with Crippen molar-refractivity contribution in [3.8, 4) is 0 Å². The monoisotopic (exact) mass is 312 g/mol. The quantitative estimate of drug-likeness (QED) is 0.382. The number of rotatable bonds is 7. The molecule has 0 saturated carbocycles. The van der Waals surface area contributed by atoms with Crippen LogP contribution < -0.4 is 0 Å². The molecule has 1 aliphatic rings. The van der Waals surface area contributed by atoms with E-state index in [4.69, 9.17) is 15.3 Å². The van der Waals surface area contributed by atoms with Gasteiger partial charge in [0.2, 0.25) is 0 Å². The van der Waals surface area contributed by atoms with E-state index < -0.39 is 5.92 Å². The lowest BCUT2D eigenvalue weighted by molar-refractivity contribution is -0.121. The zero-order valence-electron chi connectivity index (χ0n) is 12.6. The molecule has 0 bridgehead atoms. The second-order valence-corrected chi connectivity index (χ2v) is 5.44. The van der Waals surface area contributed by atoms with Gasteiger partial charge in [0.25, 0.3) is 0 Å². The van der Waals surface area contributed by atoms with Gasteiger partial charge < -0.3 is 15.3 Å². The summed E-state index contributed by atoms with van der Waals surface area (Å²) in [6, 6.07) is 0. The number of hydrogen-bond acceptors (Lipinski definition) is 6. The van der Waals surface area contributed by atoms with E-state index in [1.54, 1.807) is 13.1 Å². The third-order valence-electron chi connectivity index (χ3n) is 3.51. The fourth-order valence-corrected chi connectivity index (χ4v) is 3.00. The van der Waals surface area contributed by atoms with Crippen molar-refractivity contribution >= 4 is 30.3 Å². The molecule has 2 unspecified atom stereocenters. The number of nitrogens with one attached hydrogen (secondary N) is 1. The Kier molecular flexibility index (Phi) is 7.85. The summed E-state index contributed by atoms with van der Waals surface area (Å²) in [5.41, 5.74) is 1.70. The predicted octanol–water partition coefficient (Wildman–Crippen LogP) is 2.05. The van der Waals surface area contributed by atoms with Crippen molar-refractivity contribution in [2.24, 2.45) is 10.9 Å². The van der Waals surface area contributed by atoms with E-state index in [1.165, 1.54) is 0 Å². The summed E-state index contributed by atoms with van der Waals surface area (Å²) in [6.07, 6.45) is 2.63. The maximum atomic E-state index is 12.2. The Morgan fingerprint density at radius 1 is 1.57 bits per heavy atom. The summed E-state index contributed by atoms with van der Waals surface area (Å²) in [6.45, 7) is 4.75. The van der Waals surface area contributed by atoms with Crippen LogP contribution in [0.1, 0.15) is 33.1 Å². The highest BCUT2D eigenvalue weighted by molar-refractivity contribution is 7.81. The molecule has 21 heavy (non-hydrogen) atoms. The van der Waals surface area contributed by atoms with Crippen LogP contribution >= 0.6 is 12.6 Å². The summed E-state index contributed by atoms with van der Waals surface area (Å²) in [5.74, 6) is -0.453. The van der Waals surface area contributed by atoms with Gasteiger partial charge in [0.05, 0.1) is 17.6 Å². The highest BCUT2D eigenvalue weighted by Gasteiger charge is 2.34. The molecule has 0 radical (unpaired) electrons. The number of carbonyl (C=O) groups is 1. The van der Waals surface area contributed by atoms with Crippen LogP contribution in [0.5, 0.6) is 0 Å². The van der Waals surface area contributed by atoms with Crippen LogP contribution in [-0.2, 0) is 9.53 Å². The summed E-state index contributed by atoms with van der Waals surface area (Å²) < 4.78 is 5.36. The zero-order valence-corrected chi connectivity index (χ0v) is 13.5. The van der Waals surface area contributed by atoms with Gasteiger partial charge in [-0.3, -0.25) is 9.79 Å². The maximum Gasteiger partial charge on any atom is 0.143 e. The lowest BCUT2D eigenvalue weighted by Crippen LogP contribution is -2.25. The molecule has 5 nitrogen and oxygen atoms in total. The maximum absolute atomic E-state index is 12.2. The number of ketones is 1. The molecule has 0 heterocycles. The predicted molar refractivity (Wildman–Crippen MR) is 87.6 cm³/mol. The molecule has 6 heteroatoms. The standard InChI is InChI=1S/C15H24N2O3S/c1-3-17-14-10(6-8-20-4-2)12(16)9-13(19)11(5-7-18)15(14)21/h3,11,15-16,18,21H,4-9H2,1-2H3. The Morgan fingerprint density at radius 2 is 2.29 bits per heavy atom. The summed E-state index contributed by atoms with van der Waals surface area (Å²) in [7, 11) is 0. The van der Waals surface area contributed by atoms with Crippen molar-refractivity contribution in [1.29, 1.82) is 5.41 Å². The minimum atomic E-state index is -0.401. The zero-order chi connectivity index (χ0) is 15.8. The van der Waals surface area contributed by atoms with Crippen LogP contribution in [0.3, 0.4) is 0 Å². The van der Waals surface area contributed by atoms with Crippen molar-refractivity contribution in [2.75, 3.05) is 19.8 Å². The van der Waals surface area contributed by atoms with Gasteiger partial charge in [-0.2, -0.15) is 12.6 Å². The van der Waals surface area contributed by atoms with E-state index in [2.05, 4.69) is 17.6 Å². The molecule has 0 aromatic rings. The first-order valence-electron chi connectivity index (χ1n) is 7.25. The van der Waals surface area contributed by atoms with E-state index in [0.717, 1.165) is 5.57 Å². The number of Topliss-reactive ketones (excluding diaryl/α,β-unsaturated/α-hetero) is 1. The Labute approximate surface area is 131 Å². The SMILES string of the molecule is CC=NC1=C(CCOCC)C(=N)CC(=O)C(CCO)C1S. The molecule has 0 fully saturated rings. The van der Waals surface area contributed by atoms with Gasteiger partial charge in [-0.05, 0) is 32.3 Å². The minimum Gasteiger partial charge on any atom is -0.396 e. The largest absolute Gasteiger partial charge is 0.396 e. The number of aliphatic hydroxyl groups is 1. The smallest absolute Gasteiger partial charge is 0.143 e. The fourth-order valence-electron chi connectivity index (χ4n) is 2.46. The van der Waals surface area contributed by atoms with E-state index in [0.29, 0.717) is 37.5 Å². The summed E-state index contributed by atoms with van der Waals surface area (Å²) >= 11 is 4.55. The lowest BCUT2D eigenvalue weighted by Gasteiger charge is -2.20. The van der Waals surface area contributed by atoms with Crippen LogP contribution in [0.2, 0.25) is 0 Å². The molecule has 2 N–H and O–H groups in total. The third-order valence-corrected chi connectivity index (χ3v) is 4.11. The number of aliphatic imine (C=N–C) groups is 1. The van der Waals surface area contributed by atoms with Crippen LogP contribution in [0.15, 0.2) is 16.3 Å². The van der Waals surface area contributed by atoms with Crippen molar-refractivity contribution < 1.29 is 14.6 Å². The van der Waals surface area contributed by atoms with E-state index in [9.17, 15) is 4.79 Å². The van der Waals surface area contributed by atoms with Crippen molar-refractivity contribution in [3.05, 3.63) is 11.3 Å². The number of aliphatic hydroxyl groups excluding tert-OH is 1. The van der Waals surface area contributed by atoms with E-state index in [1.807, 2.05) is 6.92 Å². The van der Waals surface area contributed by atoms with Crippen molar-refractivity contribution in [3.63, 3.8) is 0 Å². The van der Waals surface area contributed by atoms with Gasteiger partial charge in [0, 0.05) is 37.5 Å². The molecule has 0 amide bonds. The first-order chi connectivity index (χ1) is 10.1. The first kappa shape index (κ1) is 18.1. The highest BCUT2D eigenvalue weighted by Crippen LogP contribution is 2.32. The molecule has 1 rings (SSSR count). The number of hydrogen-bond donors (Lipinski definition) is 3. The molecule has 118 valence electrons. The molecule has 0 spiro atoms. The van der Waals surface area contributed by atoms with Crippen molar-refractivity contribution in [1.82, 2.24) is 0 Å². The minimum absolute atomic E-state index is 0.0516. The fraction of sp³-hybridized carbons (Fsp3) is 0.667. The lowest BCUT2D eigenvalue weighted by atomic mass is 9.94. The van der Waals surface area contributed by atoms with Gasteiger partial charge in [-0.15, -0.1) is 0 Å². The normalized spacial score (nSPS) is 24.0. The topological polar surface area (TPSA) is 82.7 Å². The Morgan fingerprint density at radius 3 is 2.86 bits per heavy atom. The van der Waals surface area contributed by atoms with E-state index in [-0.39, 0.29) is 24.1 Å². The number of carbonyl (C=O) groups excluding carboxylic acids is 1. The third kappa shape index (κ3) is 4.76. The highest BCUT2D eigenvalue weighted by atomic mass is 32.1. The molecule has 2 atom stereocenters. The molecule has 0 aromatic heterocycles. The number of thiol groups is 1. The first-order valence-corrected chi connectivity index (χ1v) is 7.77. The second-order valence-electron chi connectivity index (χ2n) is 4.88. The molecule has 0 aromatic carbocycles. The van der Waals surface area contributed by atoms with Crippen LogP contribution in [0.4, 0.5) is 0 Å². The summed E-state index contributed by atoms with van der Waals surface area (Å²) in [5, 5.41) is 16.9. The van der Waals surface area contributed by atoms with Gasteiger partial charge >= 0.3 is 0 Å². The van der Waals surface area contributed by atoms with Gasteiger partial charge in [-0.1, -0.05) is 0 Å². The Bertz CT molecular complexity index is 446.